The van der Waals surface area contributed by atoms with Gasteiger partial charge in [0.25, 0.3) is 0 Å². The summed E-state index contributed by atoms with van der Waals surface area (Å²) in [5.41, 5.74) is 0. The molecule has 0 aromatic carbocycles. The molecule has 0 radical (unpaired) electrons. The lowest BCUT2D eigenvalue weighted by Crippen LogP contribution is -2.64. The molecule has 14 heteroatoms. The van der Waals surface area contributed by atoms with Crippen LogP contribution < -0.4 is 0 Å². The smallest absolute Gasteiger partial charge is 0.462 e. The Hall–Kier alpha value is -2.19. The van der Waals surface area contributed by atoms with Gasteiger partial charge in [0.1, 0.15) is 43.2 Å². The molecule has 0 bridgehead atoms. The Morgan fingerprint density at radius 3 is 1.38 bits per heavy atom. The summed E-state index contributed by atoms with van der Waals surface area (Å²) in [6.45, 7) is 3.16. The van der Waals surface area contributed by atoms with E-state index in [1.165, 1.54) is 89.9 Å². The number of unbranched alkanes of at least 4 members (excludes halogenated alkanes) is 23. The summed E-state index contributed by atoms with van der Waals surface area (Å²) >= 11 is 0. The van der Waals surface area contributed by atoms with Crippen molar-refractivity contribution in [3.05, 3.63) is 48.6 Å². The normalized spacial score (nSPS) is 22.1. The van der Waals surface area contributed by atoms with Crippen LogP contribution in [0.25, 0.3) is 0 Å². The minimum Gasteiger partial charge on any atom is -0.462 e. The summed E-state index contributed by atoms with van der Waals surface area (Å²) in [5, 5.41) is 50.2. The number of phosphoric acid groups is 1. The molecular formula is C49H87O13P. The number of carbonyl (C=O) groups excluding carboxylic acids is 2. The van der Waals surface area contributed by atoms with E-state index < -0.39 is 75.7 Å². The van der Waals surface area contributed by atoms with Gasteiger partial charge in [0.05, 0.1) is 6.61 Å². The van der Waals surface area contributed by atoms with Gasteiger partial charge in [-0.1, -0.05) is 197 Å². The lowest BCUT2D eigenvalue weighted by atomic mass is 9.85. The van der Waals surface area contributed by atoms with Gasteiger partial charge in [0, 0.05) is 12.8 Å². The molecule has 1 fully saturated rings. The van der Waals surface area contributed by atoms with E-state index in [1.807, 2.05) is 36.5 Å². The van der Waals surface area contributed by atoms with Crippen LogP contribution in [0.15, 0.2) is 48.6 Å². The van der Waals surface area contributed by atoms with Crippen LogP contribution in [-0.2, 0) is 32.7 Å². The molecule has 0 saturated heterocycles. The number of phosphoric ester groups is 1. The first-order valence-electron chi connectivity index (χ1n) is 24.5. The number of rotatable bonds is 40. The van der Waals surface area contributed by atoms with Gasteiger partial charge in [0.15, 0.2) is 6.10 Å². The number of hydrogen-bond donors (Lipinski definition) is 6. The highest BCUT2D eigenvalue weighted by molar-refractivity contribution is 7.47. The third kappa shape index (κ3) is 31.4. The molecule has 6 unspecified atom stereocenters. The van der Waals surface area contributed by atoms with Crippen LogP contribution in [0.3, 0.4) is 0 Å². The number of hydrogen-bond acceptors (Lipinski definition) is 12. The largest absolute Gasteiger partial charge is 0.472 e. The van der Waals surface area contributed by atoms with Crippen molar-refractivity contribution in [2.24, 2.45) is 0 Å². The van der Waals surface area contributed by atoms with Crippen molar-refractivity contribution in [3.63, 3.8) is 0 Å². The van der Waals surface area contributed by atoms with Crippen LogP contribution in [0.1, 0.15) is 194 Å². The van der Waals surface area contributed by atoms with E-state index in [2.05, 4.69) is 26.0 Å². The molecule has 8 atom stereocenters. The van der Waals surface area contributed by atoms with Crippen molar-refractivity contribution in [1.82, 2.24) is 0 Å². The predicted molar refractivity (Wildman–Crippen MR) is 249 cm³/mol. The number of aliphatic hydroxyl groups is 5. The molecule has 1 aliphatic rings. The Balaban J connectivity index is 2.43. The van der Waals surface area contributed by atoms with Gasteiger partial charge >= 0.3 is 19.8 Å². The van der Waals surface area contributed by atoms with Crippen molar-refractivity contribution >= 4 is 19.8 Å². The van der Waals surface area contributed by atoms with Gasteiger partial charge in [-0.15, -0.1) is 0 Å². The Morgan fingerprint density at radius 2 is 0.905 bits per heavy atom. The number of ether oxygens (including phenoxy) is 2. The Bertz CT molecular complexity index is 1290. The van der Waals surface area contributed by atoms with E-state index in [9.17, 15) is 44.6 Å². The molecule has 1 aliphatic carbocycles. The monoisotopic (exact) mass is 915 g/mol. The quantitative estimate of drug-likeness (QED) is 0.0147. The highest BCUT2D eigenvalue weighted by Crippen LogP contribution is 2.47. The second-order valence-corrected chi connectivity index (χ2v) is 18.4. The van der Waals surface area contributed by atoms with Crippen LogP contribution in [-0.4, -0.2) is 98.3 Å². The third-order valence-electron chi connectivity index (χ3n) is 11.3. The molecule has 6 N–H and O–H groups in total. The van der Waals surface area contributed by atoms with Crippen molar-refractivity contribution in [2.45, 2.75) is 236 Å². The van der Waals surface area contributed by atoms with Gasteiger partial charge in [-0.25, -0.2) is 4.57 Å². The first kappa shape index (κ1) is 58.8. The minimum atomic E-state index is -5.13. The molecule has 1 saturated carbocycles. The number of carbonyl (C=O) groups is 2. The molecular weight excluding hydrogens is 827 g/mol. The Labute approximate surface area is 380 Å². The van der Waals surface area contributed by atoms with E-state index in [0.29, 0.717) is 12.8 Å². The second-order valence-electron chi connectivity index (χ2n) is 17.0. The van der Waals surface area contributed by atoms with Gasteiger partial charge in [-0.2, -0.15) is 0 Å². The fourth-order valence-corrected chi connectivity index (χ4v) is 8.33. The van der Waals surface area contributed by atoms with Crippen LogP contribution in [0.2, 0.25) is 0 Å². The highest BCUT2D eigenvalue weighted by Gasteiger charge is 2.51. The lowest BCUT2D eigenvalue weighted by molar-refractivity contribution is -0.220. The van der Waals surface area contributed by atoms with E-state index in [4.69, 9.17) is 18.5 Å². The van der Waals surface area contributed by atoms with Crippen LogP contribution in [0.4, 0.5) is 0 Å². The van der Waals surface area contributed by atoms with Crippen molar-refractivity contribution in [2.75, 3.05) is 13.2 Å². The zero-order chi connectivity index (χ0) is 46.4. The fraction of sp³-hybridized carbons (Fsp3) is 0.796. The summed E-state index contributed by atoms with van der Waals surface area (Å²) in [5.74, 6) is -1.12. The number of esters is 2. The molecule has 1 rings (SSSR count). The van der Waals surface area contributed by atoms with Gasteiger partial charge in [-0.05, 0) is 32.1 Å². The summed E-state index contributed by atoms with van der Waals surface area (Å²) in [4.78, 5) is 35.8. The molecule has 0 heterocycles. The summed E-state index contributed by atoms with van der Waals surface area (Å²) in [6.07, 6.45) is 33.0. The van der Waals surface area contributed by atoms with Gasteiger partial charge in [0.2, 0.25) is 0 Å². The number of allylic oxidation sites excluding steroid dienone is 8. The molecule has 0 spiro atoms. The maximum atomic E-state index is 12.8. The molecule has 13 nitrogen and oxygen atoms in total. The van der Waals surface area contributed by atoms with Gasteiger partial charge in [-0.3, -0.25) is 18.6 Å². The zero-order valence-corrected chi connectivity index (χ0v) is 39.8. The summed E-state index contributed by atoms with van der Waals surface area (Å²) in [6, 6.07) is 0. The maximum absolute atomic E-state index is 12.8. The van der Waals surface area contributed by atoms with Crippen LogP contribution in [0.5, 0.6) is 0 Å². The first-order valence-corrected chi connectivity index (χ1v) is 26.0. The molecule has 63 heavy (non-hydrogen) atoms. The third-order valence-corrected chi connectivity index (χ3v) is 12.3. The lowest BCUT2D eigenvalue weighted by Gasteiger charge is -2.41. The van der Waals surface area contributed by atoms with E-state index >= 15 is 0 Å². The van der Waals surface area contributed by atoms with Crippen LogP contribution >= 0.6 is 7.82 Å². The average Bonchev–Trinajstić information content (AvgIpc) is 3.26. The van der Waals surface area contributed by atoms with Crippen molar-refractivity contribution in [3.8, 4) is 0 Å². The number of aliphatic hydroxyl groups excluding tert-OH is 5. The van der Waals surface area contributed by atoms with Gasteiger partial charge < -0.3 is 39.9 Å². The SMILES string of the molecule is CC/C=C/C=C/C=C/C=C/CCCCCCCC(=O)OC[C@H](COP(=O)(O)OC1C(O)C(O)C(O)[C@@H](O)C1O)OC(=O)CCCCCCCCCCCCCCCCCCCCC. The maximum Gasteiger partial charge on any atom is 0.472 e. The molecule has 0 aliphatic heterocycles. The first-order chi connectivity index (χ1) is 30.4. The van der Waals surface area contributed by atoms with Crippen molar-refractivity contribution < 1.29 is 63.1 Å². The fourth-order valence-electron chi connectivity index (χ4n) is 7.36. The van der Waals surface area contributed by atoms with Crippen molar-refractivity contribution in [1.29, 1.82) is 0 Å². The van der Waals surface area contributed by atoms with E-state index in [0.717, 1.165) is 64.2 Å². The predicted octanol–water partition coefficient (Wildman–Crippen LogP) is 9.95. The second kappa shape index (κ2) is 39.0. The molecule has 0 amide bonds. The Morgan fingerprint density at radius 1 is 0.508 bits per heavy atom. The minimum absolute atomic E-state index is 0.0932. The Kier molecular flexibility index (Phi) is 36.4. The molecule has 0 aromatic heterocycles. The van der Waals surface area contributed by atoms with Crippen LogP contribution in [0, 0.1) is 0 Å². The topological polar surface area (TPSA) is 210 Å². The zero-order valence-electron chi connectivity index (χ0n) is 38.9. The van der Waals surface area contributed by atoms with E-state index in [-0.39, 0.29) is 12.8 Å². The summed E-state index contributed by atoms with van der Waals surface area (Å²) in [7, 11) is -5.13. The van der Waals surface area contributed by atoms with E-state index in [1.54, 1.807) is 0 Å². The summed E-state index contributed by atoms with van der Waals surface area (Å²) < 4.78 is 33.6. The highest BCUT2D eigenvalue weighted by atomic mass is 31.2. The molecule has 0 aromatic rings. The molecule has 366 valence electrons. The standard InChI is InChI=1S/C49H87O13P/c1-3-5-7-9-11-13-15-17-19-20-21-22-24-26-28-30-32-34-36-38-43(51)61-41(40-60-63(57,58)62-49-47(55)45(53)44(52)46(54)48(49)56)39-59-42(50)37-35-33-31-29-27-25-23-18-16-14-12-10-8-6-4-2/h6,8,10,12,14,16,18,23,41,44-49,52-56H,3-5,7,9,11,13,15,17,19-22,24-40H2,1-2H3,(H,57,58)/b8-6+,12-10+,16-14+,23-18+/t41-,44?,45-,46?,47?,48?,49?/m1/s1. The average molecular weight is 915 g/mol.